The maximum atomic E-state index is 12.6. The normalized spacial score (nSPS) is 17.0. The Hall–Kier alpha value is -1.24. The molecule has 0 aromatic heterocycles. The van der Waals surface area contributed by atoms with Crippen LogP contribution in [0.3, 0.4) is 0 Å². The van der Waals surface area contributed by atoms with Crippen molar-refractivity contribution in [1.29, 1.82) is 0 Å². The van der Waals surface area contributed by atoms with E-state index in [0.717, 1.165) is 12.5 Å². The Morgan fingerprint density at radius 2 is 1.75 bits per heavy atom. The second-order valence-corrected chi connectivity index (χ2v) is 16.1. The molecule has 0 aromatic rings. The number of hydrogen-bond donors (Lipinski definition) is 2. The van der Waals surface area contributed by atoms with Crippen LogP contribution >= 0.6 is 0 Å². The van der Waals surface area contributed by atoms with E-state index in [9.17, 15) is 9.59 Å². The molecule has 1 aliphatic carbocycles. The summed E-state index contributed by atoms with van der Waals surface area (Å²) in [7, 11) is 0.606. The number of alkyl carbamates (subject to hydrolysis) is 1. The summed E-state index contributed by atoms with van der Waals surface area (Å²) in [5.41, 5.74) is -0.288. The summed E-state index contributed by atoms with van der Waals surface area (Å²) in [6.45, 7) is 13.6. The van der Waals surface area contributed by atoms with Gasteiger partial charge in [-0.15, -0.1) is 0 Å². The molecule has 3 amide bonds. The Bertz CT molecular complexity index is 494. The highest BCUT2D eigenvalue weighted by atomic mass is 28.3. The molecular formula is C21H43N3O3Si. The highest BCUT2D eigenvalue weighted by Gasteiger charge is 2.27. The van der Waals surface area contributed by atoms with E-state index in [1.165, 1.54) is 32.1 Å². The topological polar surface area (TPSA) is 70.7 Å². The van der Waals surface area contributed by atoms with Gasteiger partial charge >= 0.3 is 12.1 Å². The molecule has 1 fully saturated rings. The molecule has 0 saturated heterocycles. The van der Waals surface area contributed by atoms with Crippen LogP contribution in [0.15, 0.2) is 0 Å². The summed E-state index contributed by atoms with van der Waals surface area (Å²) >= 11 is 0. The summed E-state index contributed by atoms with van der Waals surface area (Å²) in [4.78, 5) is 26.5. The number of nitrogens with one attached hydrogen (secondary N) is 2. The Kier molecular flexibility index (Phi) is 9.81. The average Bonchev–Trinajstić information content (AvgIpc) is 2.56. The van der Waals surface area contributed by atoms with Gasteiger partial charge in [0, 0.05) is 27.2 Å². The Morgan fingerprint density at radius 1 is 1.14 bits per heavy atom. The molecule has 1 saturated carbocycles. The Balaban J connectivity index is 2.61. The van der Waals surface area contributed by atoms with Crippen LogP contribution in [0.1, 0.15) is 59.3 Å². The molecule has 1 aliphatic rings. The first-order valence-electron chi connectivity index (χ1n) is 10.8. The molecule has 0 bridgehead atoms. The molecule has 0 aromatic carbocycles. The highest BCUT2D eigenvalue weighted by Crippen LogP contribution is 2.28. The predicted molar refractivity (Wildman–Crippen MR) is 119 cm³/mol. The first-order chi connectivity index (χ1) is 12.9. The number of hydrogen-bond acceptors (Lipinski definition) is 3. The second-order valence-electron chi connectivity index (χ2n) is 10.5. The number of carbonyl (C=O) groups is 2. The lowest BCUT2D eigenvalue weighted by Gasteiger charge is -2.34. The van der Waals surface area contributed by atoms with Crippen molar-refractivity contribution in [1.82, 2.24) is 15.5 Å². The van der Waals surface area contributed by atoms with E-state index in [4.69, 9.17) is 4.74 Å². The van der Waals surface area contributed by atoms with Crippen LogP contribution in [0.2, 0.25) is 25.7 Å². The molecule has 0 heterocycles. The minimum absolute atomic E-state index is 0.0324. The molecule has 164 valence electrons. The van der Waals surface area contributed by atoms with E-state index in [1.807, 2.05) is 27.8 Å². The van der Waals surface area contributed by atoms with Gasteiger partial charge in [-0.3, -0.25) is 0 Å². The Labute approximate surface area is 173 Å². The van der Waals surface area contributed by atoms with E-state index in [0.29, 0.717) is 19.1 Å². The van der Waals surface area contributed by atoms with Crippen molar-refractivity contribution >= 4 is 20.2 Å². The molecular weight excluding hydrogens is 370 g/mol. The van der Waals surface area contributed by atoms with Gasteiger partial charge in [0.05, 0.1) is 12.6 Å². The summed E-state index contributed by atoms with van der Waals surface area (Å²) in [5.74, 6) is 0.619. The fourth-order valence-electron chi connectivity index (χ4n) is 3.46. The average molecular weight is 414 g/mol. The fraction of sp³-hybridized carbons (Fsp3) is 0.905. The van der Waals surface area contributed by atoms with Crippen LogP contribution in [0.4, 0.5) is 9.59 Å². The molecule has 0 aliphatic heterocycles. The van der Waals surface area contributed by atoms with Crippen LogP contribution in [-0.4, -0.2) is 56.9 Å². The number of rotatable bonds is 8. The first kappa shape index (κ1) is 24.8. The lowest BCUT2D eigenvalue weighted by atomic mass is 9.84. The number of nitrogens with zero attached hydrogens (tertiary/aromatic N) is 1. The monoisotopic (exact) mass is 413 g/mol. The summed E-state index contributed by atoms with van der Waals surface area (Å²) in [6, 6.07) is 0.831. The molecule has 28 heavy (non-hydrogen) atoms. The van der Waals surface area contributed by atoms with Gasteiger partial charge in [-0.2, -0.15) is 0 Å². The third kappa shape index (κ3) is 10.9. The van der Waals surface area contributed by atoms with Gasteiger partial charge < -0.3 is 20.3 Å². The third-order valence-electron chi connectivity index (χ3n) is 5.25. The number of carbonyl (C=O) groups excluding carboxylic acids is 2. The maximum absolute atomic E-state index is 12.6. The molecule has 0 radical (unpaired) electrons. The van der Waals surface area contributed by atoms with E-state index >= 15 is 0 Å². The number of ether oxygens (including phenoxy) is 1. The highest BCUT2D eigenvalue weighted by molar-refractivity contribution is 6.76. The summed E-state index contributed by atoms with van der Waals surface area (Å²) in [5, 5.41) is 5.91. The van der Waals surface area contributed by atoms with Gasteiger partial charge in [-0.05, 0) is 39.2 Å². The smallest absolute Gasteiger partial charge is 0.407 e. The van der Waals surface area contributed by atoms with Gasteiger partial charge in [-0.1, -0.05) is 51.7 Å². The van der Waals surface area contributed by atoms with Crippen molar-refractivity contribution < 1.29 is 14.3 Å². The zero-order valence-corrected chi connectivity index (χ0v) is 20.2. The van der Waals surface area contributed by atoms with Crippen LogP contribution in [0, 0.1) is 5.92 Å². The number of likely N-dealkylation sites (N-methyl/N-ethyl adjacent to an activating group) is 1. The molecule has 0 spiro atoms. The van der Waals surface area contributed by atoms with E-state index in [2.05, 4.69) is 30.3 Å². The lowest BCUT2D eigenvalue weighted by molar-refractivity contribution is 0.139. The molecule has 1 rings (SSSR count). The van der Waals surface area contributed by atoms with Crippen LogP contribution < -0.4 is 10.6 Å². The van der Waals surface area contributed by atoms with Gasteiger partial charge in [0.25, 0.3) is 0 Å². The molecule has 2 N–H and O–H groups in total. The number of amides is 3. The maximum Gasteiger partial charge on any atom is 0.407 e. The van der Waals surface area contributed by atoms with Gasteiger partial charge in [0.1, 0.15) is 0 Å². The van der Waals surface area contributed by atoms with E-state index in [1.54, 1.807) is 4.90 Å². The van der Waals surface area contributed by atoms with E-state index < -0.39 is 8.07 Å². The zero-order chi connectivity index (χ0) is 21.4. The predicted octanol–water partition coefficient (Wildman–Crippen LogP) is 4.83. The minimum atomic E-state index is -1.22. The van der Waals surface area contributed by atoms with Gasteiger partial charge in [0.15, 0.2) is 0 Å². The first-order valence-corrected chi connectivity index (χ1v) is 14.5. The van der Waals surface area contributed by atoms with Crippen molar-refractivity contribution in [3.63, 3.8) is 0 Å². The Morgan fingerprint density at radius 3 is 2.29 bits per heavy atom. The molecule has 6 nitrogen and oxygen atoms in total. The third-order valence-corrected chi connectivity index (χ3v) is 6.95. The van der Waals surface area contributed by atoms with Crippen molar-refractivity contribution in [3.05, 3.63) is 0 Å². The van der Waals surface area contributed by atoms with Crippen LogP contribution in [0.5, 0.6) is 0 Å². The number of urea groups is 1. The van der Waals surface area contributed by atoms with E-state index in [-0.39, 0.29) is 23.7 Å². The van der Waals surface area contributed by atoms with Crippen LogP contribution in [-0.2, 0) is 4.74 Å². The fourth-order valence-corrected chi connectivity index (χ4v) is 4.18. The van der Waals surface area contributed by atoms with Crippen molar-refractivity contribution in [3.8, 4) is 0 Å². The van der Waals surface area contributed by atoms with Crippen molar-refractivity contribution in [2.24, 2.45) is 5.92 Å². The quantitative estimate of drug-likeness (QED) is 0.560. The molecule has 1 atom stereocenters. The lowest BCUT2D eigenvalue weighted by Crippen LogP contribution is -2.53. The zero-order valence-electron chi connectivity index (χ0n) is 19.2. The minimum Gasteiger partial charge on any atom is -0.450 e. The summed E-state index contributed by atoms with van der Waals surface area (Å²) < 4.78 is 5.34. The largest absolute Gasteiger partial charge is 0.450 e. The second kappa shape index (κ2) is 11.1. The standard InChI is InChI=1S/C21H43N3O3Si/c1-21(2,3)23-19(25)24(4)18(15-17-11-9-8-10-12-17)16-22-20(26)27-13-14-28(5,6)7/h17-18H,8-16H2,1-7H3,(H,22,26)(H,23,25)/t18-/m0/s1. The molecule has 7 heteroatoms. The van der Waals surface area contributed by atoms with Crippen molar-refractivity contribution in [2.75, 3.05) is 20.2 Å². The van der Waals surface area contributed by atoms with Crippen molar-refractivity contribution in [2.45, 2.75) is 96.6 Å². The van der Waals surface area contributed by atoms with Gasteiger partial charge in [-0.25, -0.2) is 9.59 Å². The van der Waals surface area contributed by atoms with Gasteiger partial charge in [0.2, 0.25) is 0 Å². The summed E-state index contributed by atoms with van der Waals surface area (Å²) in [6.07, 6.45) is 6.81. The molecule has 0 unspecified atom stereocenters. The SMILES string of the molecule is CN(C(=O)NC(C)(C)C)[C@H](CNC(=O)OCC[Si](C)(C)C)CC1CCCCC1. The van der Waals surface area contributed by atoms with Crippen LogP contribution in [0.25, 0.3) is 0 Å².